The van der Waals surface area contributed by atoms with Crippen molar-refractivity contribution in [3.05, 3.63) is 0 Å². The Kier molecular flexibility index (Phi) is 70.6. The van der Waals surface area contributed by atoms with Crippen LogP contribution in [0, 0.1) is 0 Å². The number of carbonyl (C=O) groups excluding carboxylic acids is 2. The number of hydrogen-bond acceptors (Lipinski definition) is 6. The van der Waals surface area contributed by atoms with E-state index in [1.807, 2.05) is 6.92 Å². The van der Waals surface area contributed by atoms with Gasteiger partial charge in [-0.2, -0.15) is 0 Å². The van der Waals surface area contributed by atoms with Gasteiger partial charge in [0, 0.05) is 12.8 Å². The van der Waals surface area contributed by atoms with Gasteiger partial charge in [-0.25, -0.2) is 0 Å². The third kappa shape index (κ3) is 71.5. The van der Waals surface area contributed by atoms with E-state index in [1.165, 1.54) is 366 Å². The van der Waals surface area contributed by atoms with Gasteiger partial charge in [0.2, 0.25) is 0 Å². The van der Waals surface area contributed by atoms with E-state index in [-0.39, 0.29) is 30.3 Å². The summed E-state index contributed by atoms with van der Waals surface area (Å²) in [4.78, 5) is 24.5. The molecule has 6 nitrogen and oxygen atoms in total. The molecule has 496 valence electrons. The summed E-state index contributed by atoms with van der Waals surface area (Å²) in [6.45, 7) is 12.4. The van der Waals surface area contributed by atoms with E-state index < -0.39 is 0 Å². The molecule has 0 N–H and O–H groups in total. The summed E-state index contributed by atoms with van der Waals surface area (Å²) in [6.07, 6.45) is 85.8. The highest BCUT2D eigenvalue weighted by molar-refractivity contribution is 5.69. The first-order valence-corrected chi connectivity index (χ1v) is 38.5. The summed E-state index contributed by atoms with van der Waals surface area (Å²) in [7, 11) is 0. The fraction of sp³-hybridized carbons (Fsp3) is 0.974. The van der Waals surface area contributed by atoms with Crippen molar-refractivity contribution in [3.8, 4) is 0 Å². The zero-order chi connectivity index (χ0) is 60.1. The van der Waals surface area contributed by atoms with Crippen LogP contribution in [0.3, 0.4) is 0 Å². The van der Waals surface area contributed by atoms with Gasteiger partial charge in [0.05, 0.1) is 32.0 Å². The summed E-state index contributed by atoms with van der Waals surface area (Å²) in [6, 6.07) is 0. The second-order valence-corrected chi connectivity index (χ2v) is 27.0. The van der Waals surface area contributed by atoms with Gasteiger partial charge in [-0.1, -0.05) is 386 Å². The molecule has 0 saturated heterocycles. The molecule has 6 heteroatoms. The first-order chi connectivity index (χ1) is 40.9. The standard InChI is InChI=1S/C77H152O6/c1-6-8-10-12-14-16-18-20-21-42-46-50-54-58-62-66-70-80-76(78)68-64-60-56-52-48-44-40-38-36-34-32-30-28-26-24-22-23-25-27-29-31-33-35-37-39-41-45-49-53-57-61-65-69-77(79)83-75(5)72-82-74(4)71-81-73(3)67-63-59-55-51-47-43-19-17-15-13-11-9-7-2/h73-75H,6-72H2,1-5H3. The lowest BCUT2D eigenvalue weighted by Crippen LogP contribution is -2.26. The number of hydrogen-bond donors (Lipinski definition) is 0. The van der Waals surface area contributed by atoms with E-state index in [0.29, 0.717) is 32.7 Å². The molecule has 0 bridgehead atoms. The summed E-state index contributed by atoms with van der Waals surface area (Å²) in [5.41, 5.74) is 0. The smallest absolute Gasteiger partial charge is 0.306 e. The number of ether oxygens (including phenoxy) is 4. The summed E-state index contributed by atoms with van der Waals surface area (Å²) in [5.74, 6) is -0.0571. The molecule has 0 aliphatic heterocycles. The van der Waals surface area contributed by atoms with Crippen LogP contribution in [0.2, 0.25) is 0 Å². The second-order valence-electron chi connectivity index (χ2n) is 27.0. The van der Waals surface area contributed by atoms with Gasteiger partial charge in [0.25, 0.3) is 0 Å². The SMILES string of the molecule is CCCCCCCCCCCCCCCCCCOC(=O)CCCCCCCCCCCCCCCCCCCCCCCCCCCCCCCCCCC(=O)OC(C)COC(C)COC(C)CCCCCCCCCCCCCCC. The molecule has 0 spiro atoms. The molecule has 0 aromatic rings. The first-order valence-electron chi connectivity index (χ1n) is 38.5. The Morgan fingerprint density at radius 1 is 0.241 bits per heavy atom. The Morgan fingerprint density at radius 2 is 0.458 bits per heavy atom. The number of rotatable bonds is 73. The molecular weight excluding hydrogens is 1020 g/mol. The minimum Gasteiger partial charge on any atom is -0.466 e. The third-order valence-corrected chi connectivity index (χ3v) is 18.1. The Hall–Kier alpha value is -1.14. The molecule has 0 fully saturated rings. The lowest BCUT2D eigenvalue weighted by atomic mass is 10.0. The van der Waals surface area contributed by atoms with Gasteiger partial charge in [0.1, 0.15) is 6.10 Å². The van der Waals surface area contributed by atoms with E-state index in [0.717, 1.165) is 32.1 Å². The number of esters is 2. The van der Waals surface area contributed by atoms with Gasteiger partial charge >= 0.3 is 11.9 Å². The molecular formula is C77H152O6. The van der Waals surface area contributed by atoms with Crippen LogP contribution in [0.4, 0.5) is 0 Å². The molecule has 0 aromatic heterocycles. The maximum atomic E-state index is 12.4. The average Bonchev–Trinajstić information content (AvgIpc) is 3.48. The van der Waals surface area contributed by atoms with Crippen molar-refractivity contribution in [2.75, 3.05) is 19.8 Å². The Morgan fingerprint density at radius 3 is 0.747 bits per heavy atom. The monoisotopic (exact) mass is 1170 g/mol. The van der Waals surface area contributed by atoms with Crippen LogP contribution >= 0.6 is 0 Å². The third-order valence-electron chi connectivity index (χ3n) is 18.1. The van der Waals surface area contributed by atoms with Gasteiger partial charge in [-0.05, 0) is 46.5 Å². The molecule has 0 aliphatic carbocycles. The van der Waals surface area contributed by atoms with Crippen molar-refractivity contribution >= 4 is 11.9 Å². The fourth-order valence-electron chi connectivity index (χ4n) is 12.2. The van der Waals surface area contributed by atoms with Crippen LogP contribution in [0.5, 0.6) is 0 Å². The lowest BCUT2D eigenvalue weighted by Gasteiger charge is -2.20. The lowest BCUT2D eigenvalue weighted by molar-refractivity contribution is -0.153. The minimum absolute atomic E-state index is 0.00202. The average molecular weight is 1170 g/mol. The Bertz CT molecular complexity index is 1220. The summed E-state index contributed by atoms with van der Waals surface area (Å²) in [5, 5.41) is 0. The predicted molar refractivity (Wildman–Crippen MR) is 364 cm³/mol. The zero-order valence-corrected chi connectivity index (χ0v) is 57.6. The Balaban J connectivity index is 3.29. The van der Waals surface area contributed by atoms with Crippen LogP contribution < -0.4 is 0 Å². The highest BCUT2D eigenvalue weighted by Crippen LogP contribution is 2.20. The number of carbonyl (C=O) groups is 2. The molecule has 0 radical (unpaired) electrons. The molecule has 0 aliphatic rings. The first kappa shape index (κ1) is 81.9. The molecule has 0 saturated carbocycles. The highest BCUT2D eigenvalue weighted by Gasteiger charge is 2.13. The van der Waals surface area contributed by atoms with Gasteiger partial charge in [-0.15, -0.1) is 0 Å². The second kappa shape index (κ2) is 71.6. The normalized spacial score (nSPS) is 12.8. The summed E-state index contributed by atoms with van der Waals surface area (Å²) < 4.78 is 23.2. The van der Waals surface area contributed by atoms with E-state index in [1.54, 1.807) is 0 Å². The van der Waals surface area contributed by atoms with Crippen molar-refractivity contribution in [1.82, 2.24) is 0 Å². The van der Waals surface area contributed by atoms with Crippen molar-refractivity contribution in [2.45, 2.75) is 464 Å². The largest absolute Gasteiger partial charge is 0.466 e. The molecule has 0 amide bonds. The zero-order valence-electron chi connectivity index (χ0n) is 57.6. The van der Waals surface area contributed by atoms with Crippen LogP contribution in [-0.2, 0) is 28.5 Å². The molecule has 3 atom stereocenters. The van der Waals surface area contributed by atoms with E-state index in [9.17, 15) is 9.59 Å². The van der Waals surface area contributed by atoms with Crippen LogP contribution in [0.15, 0.2) is 0 Å². The molecule has 0 heterocycles. The summed E-state index contributed by atoms with van der Waals surface area (Å²) >= 11 is 0. The number of unbranched alkanes of at least 4 members (excludes halogenated alkanes) is 58. The van der Waals surface area contributed by atoms with Crippen molar-refractivity contribution in [2.24, 2.45) is 0 Å². The van der Waals surface area contributed by atoms with E-state index in [2.05, 4.69) is 27.7 Å². The van der Waals surface area contributed by atoms with Crippen molar-refractivity contribution in [1.29, 1.82) is 0 Å². The molecule has 83 heavy (non-hydrogen) atoms. The van der Waals surface area contributed by atoms with Crippen LogP contribution in [0.25, 0.3) is 0 Å². The fourth-order valence-corrected chi connectivity index (χ4v) is 12.2. The minimum atomic E-state index is -0.218. The molecule has 0 aromatic carbocycles. The molecule has 3 unspecified atom stereocenters. The van der Waals surface area contributed by atoms with Crippen molar-refractivity contribution in [3.63, 3.8) is 0 Å². The quantitative estimate of drug-likeness (QED) is 0.0446. The maximum Gasteiger partial charge on any atom is 0.306 e. The van der Waals surface area contributed by atoms with Gasteiger partial charge in [0.15, 0.2) is 0 Å². The molecule has 0 rings (SSSR count). The van der Waals surface area contributed by atoms with Gasteiger partial charge in [-0.3, -0.25) is 9.59 Å². The topological polar surface area (TPSA) is 71.1 Å². The van der Waals surface area contributed by atoms with Gasteiger partial charge < -0.3 is 18.9 Å². The van der Waals surface area contributed by atoms with Crippen LogP contribution in [0.1, 0.15) is 446 Å². The van der Waals surface area contributed by atoms with Crippen molar-refractivity contribution < 1.29 is 28.5 Å². The van der Waals surface area contributed by atoms with Crippen LogP contribution in [-0.4, -0.2) is 50.1 Å². The predicted octanol–water partition coefficient (Wildman–Crippen LogP) is 26.3. The maximum absolute atomic E-state index is 12.4. The Labute approximate surface area is 521 Å². The highest BCUT2D eigenvalue weighted by atomic mass is 16.6. The van der Waals surface area contributed by atoms with E-state index in [4.69, 9.17) is 18.9 Å². The van der Waals surface area contributed by atoms with E-state index >= 15 is 0 Å².